The van der Waals surface area contributed by atoms with Crippen molar-refractivity contribution in [2.45, 2.75) is 24.5 Å². The molecule has 0 fully saturated rings. The minimum Gasteiger partial charge on any atom is -0.467 e. The van der Waals surface area contributed by atoms with E-state index in [1.165, 1.54) is 13.3 Å². The molecule has 0 saturated carbocycles. The summed E-state index contributed by atoms with van der Waals surface area (Å²) in [7, 11) is -2.48. The van der Waals surface area contributed by atoms with Crippen LogP contribution in [0.5, 0.6) is 0 Å². The van der Waals surface area contributed by atoms with Crippen molar-refractivity contribution in [1.82, 2.24) is 9.97 Å². The minimum atomic E-state index is -3.75. The first-order chi connectivity index (χ1) is 14.2. The van der Waals surface area contributed by atoms with Gasteiger partial charge < -0.3 is 15.4 Å². The molecule has 9 nitrogen and oxygen atoms in total. The van der Waals surface area contributed by atoms with E-state index in [4.69, 9.17) is 4.74 Å². The summed E-state index contributed by atoms with van der Waals surface area (Å²) in [5, 5.41) is 5.16. The Morgan fingerprint density at radius 3 is 2.53 bits per heavy atom. The molecule has 2 N–H and O–H groups in total. The van der Waals surface area contributed by atoms with E-state index in [0.717, 1.165) is 11.8 Å². The molecule has 1 atom stereocenters. The number of hydrogen-bond donors (Lipinski definition) is 2. The van der Waals surface area contributed by atoms with Crippen LogP contribution in [0.2, 0.25) is 0 Å². The third kappa shape index (κ3) is 6.17. The fourth-order valence-corrected chi connectivity index (χ4v) is 3.50. The van der Waals surface area contributed by atoms with Crippen molar-refractivity contribution in [2.24, 2.45) is 0 Å². The van der Waals surface area contributed by atoms with Crippen LogP contribution in [-0.4, -0.2) is 61.7 Å². The van der Waals surface area contributed by atoms with Gasteiger partial charge in [0.05, 0.1) is 19.0 Å². The molecule has 0 unspecified atom stereocenters. The number of benzene rings is 1. The number of aromatic nitrogens is 2. The van der Waals surface area contributed by atoms with Crippen LogP contribution in [0.3, 0.4) is 0 Å². The highest BCUT2D eigenvalue weighted by molar-refractivity contribution is 7.98. The van der Waals surface area contributed by atoms with Crippen LogP contribution >= 0.6 is 11.8 Å². The lowest BCUT2D eigenvalue weighted by atomic mass is 10.2. The van der Waals surface area contributed by atoms with Gasteiger partial charge in [-0.2, -0.15) is 11.8 Å². The minimum absolute atomic E-state index is 0.130. The number of rotatable bonds is 9. The van der Waals surface area contributed by atoms with Gasteiger partial charge in [-0.15, -0.1) is 0 Å². The van der Waals surface area contributed by atoms with Gasteiger partial charge in [0, 0.05) is 11.9 Å². The highest BCUT2D eigenvalue weighted by atomic mass is 32.2. The van der Waals surface area contributed by atoms with E-state index in [-0.39, 0.29) is 11.4 Å². The lowest BCUT2D eigenvalue weighted by Gasteiger charge is -2.19. The highest BCUT2D eigenvalue weighted by Crippen LogP contribution is 2.20. The number of anilines is 2. The molecule has 0 aliphatic carbocycles. The SMILES string of the molecule is COC(=O)[C@@H](CCSC)Nc1cnc(S(C)(=O)=O)nc1C(=O)Nc1ccccc1C. The third-order valence-corrected chi connectivity index (χ3v) is 5.64. The quantitative estimate of drug-likeness (QED) is 0.434. The Morgan fingerprint density at radius 2 is 1.93 bits per heavy atom. The lowest BCUT2D eigenvalue weighted by molar-refractivity contribution is -0.141. The third-order valence-electron chi connectivity index (χ3n) is 4.13. The smallest absolute Gasteiger partial charge is 0.328 e. The topological polar surface area (TPSA) is 127 Å². The molecule has 2 rings (SSSR count). The zero-order chi connectivity index (χ0) is 22.3. The fraction of sp³-hybridized carbons (Fsp3) is 0.368. The van der Waals surface area contributed by atoms with Crippen LogP contribution in [0.1, 0.15) is 22.5 Å². The number of carbonyl (C=O) groups is 2. The molecule has 2 aromatic rings. The number of amides is 1. The van der Waals surface area contributed by atoms with Gasteiger partial charge in [0.15, 0.2) is 5.69 Å². The number of nitrogens with zero attached hydrogens (tertiary/aromatic N) is 2. The predicted octanol–water partition coefficient (Wildman–Crippen LogP) is 2.15. The molecule has 0 saturated heterocycles. The molecule has 1 aromatic heterocycles. The average molecular weight is 453 g/mol. The molecule has 0 aliphatic heterocycles. The highest BCUT2D eigenvalue weighted by Gasteiger charge is 2.25. The Bertz CT molecular complexity index is 1030. The van der Waals surface area contributed by atoms with Gasteiger partial charge in [-0.3, -0.25) is 4.79 Å². The zero-order valence-electron chi connectivity index (χ0n) is 17.1. The number of ether oxygens (including phenoxy) is 1. The van der Waals surface area contributed by atoms with Gasteiger partial charge >= 0.3 is 5.97 Å². The van der Waals surface area contributed by atoms with Gasteiger partial charge in [0.2, 0.25) is 15.0 Å². The Labute approximate surface area is 179 Å². The molecule has 0 bridgehead atoms. The van der Waals surface area contributed by atoms with Gasteiger partial charge in [-0.1, -0.05) is 18.2 Å². The summed E-state index contributed by atoms with van der Waals surface area (Å²) in [6.07, 6.45) is 4.47. The number of esters is 1. The van der Waals surface area contributed by atoms with Gasteiger partial charge in [-0.05, 0) is 37.0 Å². The van der Waals surface area contributed by atoms with Crippen molar-refractivity contribution < 1.29 is 22.7 Å². The van der Waals surface area contributed by atoms with E-state index in [1.807, 2.05) is 25.3 Å². The van der Waals surface area contributed by atoms with Crippen LogP contribution in [-0.2, 0) is 19.4 Å². The van der Waals surface area contributed by atoms with Crippen LogP contribution in [0.4, 0.5) is 11.4 Å². The number of nitrogens with one attached hydrogen (secondary N) is 2. The number of thioether (sulfide) groups is 1. The summed E-state index contributed by atoms with van der Waals surface area (Å²) >= 11 is 1.55. The second-order valence-corrected chi connectivity index (χ2v) is 9.35. The van der Waals surface area contributed by atoms with Gasteiger partial charge in [-0.25, -0.2) is 23.2 Å². The maximum absolute atomic E-state index is 12.9. The van der Waals surface area contributed by atoms with E-state index < -0.39 is 32.9 Å². The number of methoxy groups -OCH3 is 1. The Kier molecular flexibility index (Phi) is 8.18. The number of sulfone groups is 1. The van der Waals surface area contributed by atoms with E-state index in [2.05, 4.69) is 20.6 Å². The first-order valence-corrected chi connectivity index (χ1v) is 12.2. The number of carbonyl (C=O) groups excluding carboxylic acids is 2. The van der Waals surface area contributed by atoms with Crippen molar-refractivity contribution >= 4 is 44.9 Å². The molecular weight excluding hydrogens is 428 g/mol. The predicted molar refractivity (Wildman–Crippen MR) is 117 cm³/mol. The summed E-state index contributed by atoms with van der Waals surface area (Å²) in [5.74, 6) is -0.478. The van der Waals surface area contributed by atoms with E-state index in [1.54, 1.807) is 23.9 Å². The maximum atomic E-state index is 12.9. The largest absolute Gasteiger partial charge is 0.467 e. The molecule has 0 spiro atoms. The standard InChI is InChI=1S/C19H24N4O5S2/c1-12-7-5-6-8-13(12)22-17(24)16-15(11-20-19(23-16)30(4,26)27)21-14(9-10-29-3)18(25)28-2/h5-8,11,14,21H,9-10H2,1-4H3,(H,22,24)/t14-/m1/s1. The number of para-hydroxylation sites is 1. The van der Waals surface area contributed by atoms with Crippen LogP contribution in [0.15, 0.2) is 35.6 Å². The Morgan fingerprint density at radius 1 is 1.23 bits per heavy atom. The van der Waals surface area contributed by atoms with Crippen molar-refractivity contribution in [2.75, 3.05) is 36.0 Å². The first kappa shape index (κ1) is 23.6. The van der Waals surface area contributed by atoms with Crippen LogP contribution < -0.4 is 10.6 Å². The number of hydrogen-bond acceptors (Lipinski definition) is 9. The van der Waals surface area contributed by atoms with Crippen molar-refractivity contribution in [1.29, 1.82) is 0 Å². The molecule has 0 radical (unpaired) electrons. The van der Waals surface area contributed by atoms with Crippen LogP contribution in [0.25, 0.3) is 0 Å². The molecule has 11 heteroatoms. The molecule has 1 aromatic carbocycles. The number of aryl methyl sites for hydroxylation is 1. The molecule has 30 heavy (non-hydrogen) atoms. The average Bonchev–Trinajstić information content (AvgIpc) is 2.71. The first-order valence-electron chi connectivity index (χ1n) is 8.94. The summed E-state index contributed by atoms with van der Waals surface area (Å²) in [6.45, 7) is 1.83. The summed E-state index contributed by atoms with van der Waals surface area (Å²) in [4.78, 5) is 32.9. The second kappa shape index (κ2) is 10.4. The van der Waals surface area contributed by atoms with E-state index in [0.29, 0.717) is 17.9 Å². The molecule has 0 aliphatic rings. The fourth-order valence-electron chi connectivity index (χ4n) is 2.53. The van der Waals surface area contributed by atoms with E-state index >= 15 is 0 Å². The van der Waals surface area contributed by atoms with Crippen LogP contribution in [0, 0.1) is 6.92 Å². The summed E-state index contributed by atoms with van der Waals surface area (Å²) in [6, 6.07) is 6.39. The molecule has 1 heterocycles. The zero-order valence-corrected chi connectivity index (χ0v) is 18.8. The van der Waals surface area contributed by atoms with Crippen molar-refractivity contribution in [3.05, 3.63) is 41.7 Å². The lowest BCUT2D eigenvalue weighted by Crippen LogP contribution is -2.33. The Balaban J connectivity index is 2.45. The monoisotopic (exact) mass is 452 g/mol. The van der Waals surface area contributed by atoms with Gasteiger partial charge in [0.25, 0.3) is 5.91 Å². The van der Waals surface area contributed by atoms with Crippen molar-refractivity contribution in [3.63, 3.8) is 0 Å². The van der Waals surface area contributed by atoms with E-state index in [9.17, 15) is 18.0 Å². The summed E-state index contributed by atoms with van der Waals surface area (Å²) < 4.78 is 28.6. The molecule has 162 valence electrons. The van der Waals surface area contributed by atoms with Gasteiger partial charge in [0.1, 0.15) is 6.04 Å². The Hall–Kier alpha value is -2.66. The summed E-state index contributed by atoms with van der Waals surface area (Å²) in [5.41, 5.74) is 1.32. The second-order valence-electron chi connectivity index (χ2n) is 6.46. The molecule has 1 amide bonds. The normalized spacial score (nSPS) is 12.1. The maximum Gasteiger partial charge on any atom is 0.328 e. The molecular formula is C19H24N4O5S2. The van der Waals surface area contributed by atoms with Crippen molar-refractivity contribution in [3.8, 4) is 0 Å².